The number of nitrogens with zero attached hydrogens (tertiary/aromatic N) is 3. The largest absolute Gasteiger partial charge is 0.454 e. The van der Waals surface area contributed by atoms with Gasteiger partial charge < -0.3 is 19.8 Å². The predicted molar refractivity (Wildman–Crippen MR) is 127 cm³/mol. The molecule has 0 aliphatic carbocycles. The van der Waals surface area contributed by atoms with Gasteiger partial charge in [-0.2, -0.15) is 0 Å². The van der Waals surface area contributed by atoms with Crippen LogP contribution in [0, 0.1) is 6.92 Å². The number of hydrogen-bond donors (Lipinski definition) is 2. The van der Waals surface area contributed by atoms with Crippen LogP contribution in [0.4, 0.5) is 5.69 Å². The first-order valence-corrected chi connectivity index (χ1v) is 10.7. The number of benzene rings is 2. The summed E-state index contributed by atoms with van der Waals surface area (Å²) >= 11 is 0. The molecule has 1 aliphatic heterocycles. The number of hydrogen-bond acceptors (Lipinski definition) is 6. The number of carbonyl (C=O) groups is 1. The molecule has 0 bridgehead atoms. The van der Waals surface area contributed by atoms with Crippen LogP contribution >= 0.6 is 0 Å². The second-order valence-corrected chi connectivity index (χ2v) is 7.98. The van der Waals surface area contributed by atoms with E-state index in [1.165, 1.54) is 4.68 Å². The van der Waals surface area contributed by atoms with Crippen molar-refractivity contribution in [3.8, 4) is 17.2 Å². The Labute approximate surface area is 197 Å². The first-order chi connectivity index (χ1) is 16.8. The molecule has 0 unspecified atom stereocenters. The van der Waals surface area contributed by atoms with Crippen molar-refractivity contribution in [1.82, 2.24) is 18.9 Å². The van der Waals surface area contributed by atoms with Crippen LogP contribution in [0.2, 0.25) is 0 Å². The number of nitrogens with one attached hydrogen (secondary N) is 2. The zero-order valence-electron chi connectivity index (χ0n) is 18.9. The maximum atomic E-state index is 13.1. The summed E-state index contributed by atoms with van der Waals surface area (Å²) < 4.78 is 14.5. The maximum absolute atomic E-state index is 13.1. The van der Waals surface area contributed by atoms with Crippen molar-refractivity contribution < 1.29 is 14.3 Å². The molecule has 4 aromatic rings. The molecule has 1 amide bonds. The summed E-state index contributed by atoms with van der Waals surface area (Å²) in [5.74, 6) is 0.273. The summed E-state index contributed by atoms with van der Waals surface area (Å²) in [7, 11) is 1.69. The highest BCUT2D eigenvalue weighted by molar-refractivity contribution is 6.04. The number of rotatable bonds is 5. The number of H-pyrrole nitrogens is 1. The van der Waals surface area contributed by atoms with Gasteiger partial charge in [0, 0.05) is 13.2 Å². The van der Waals surface area contributed by atoms with Gasteiger partial charge in [0.25, 0.3) is 17.0 Å². The van der Waals surface area contributed by atoms with Crippen LogP contribution in [0.5, 0.6) is 11.5 Å². The van der Waals surface area contributed by atoms with E-state index >= 15 is 0 Å². The molecule has 2 N–H and O–H groups in total. The zero-order valence-corrected chi connectivity index (χ0v) is 18.9. The van der Waals surface area contributed by atoms with Gasteiger partial charge in [-0.3, -0.25) is 23.6 Å². The standard InChI is InChI=1S/C24H21N5O6/c1-14-20(23(32)29(27(14)2)16-6-4-3-5-7-16)26-21(30)17-11-25-24(33)28(22(17)31)12-15-8-9-18-19(10-15)35-13-34-18/h3-11H,12-13H2,1-2H3,(H,25,33)(H,26,30). The van der Waals surface area contributed by atoms with Crippen LogP contribution < -0.4 is 31.6 Å². The van der Waals surface area contributed by atoms with Gasteiger partial charge in [0.15, 0.2) is 11.5 Å². The molecule has 0 saturated carbocycles. The Bertz CT molecular complexity index is 1630. The van der Waals surface area contributed by atoms with Crippen molar-refractivity contribution in [3.63, 3.8) is 0 Å². The van der Waals surface area contributed by atoms with Crippen LogP contribution in [0.25, 0.3) is 5.69 Å². The average molecular weight is 475 g/mol. The van der Waals surface area contributed by atoms with Crippen molar-refractivity contribution in [2.24, 2.45) is 7.05 Å². The monoisotopic (exact) mass is 475 g/mol. The molecule has 2 aromatic heterocycles. The van der Waals surface area contributed by atoms with Gasteiger partial charge in [-0.05, 0) is 36.8 Å². The van der Waals surface area contributed by atoms with Crippen LogP contribution in [-0.2, 0) is 13.6 Å². The minimum absolute atomic E-state index is 0.0364. The molecule has 35 heavy (non-hydrogen) atoms. The molecule has 0 saturated heterocycles. The van der Waals surface area contributed by atoms with Crippen molar-refractivity contribution >= 4 is 11.6 Å². The number of fused-ring (bicyclic) bond motifs is 1. The summed E-state index contributed by atoms with van der Waals surface area (Å²) in [6.45, 7) is 1.69. The van der Waals surface area contributed by atoms with E-state index in [1.54, 1.807) is 61.1 Å². The lowest BCUT2D eigenvalue weighted by atomic mass is 10.2. The van der Waals surface area contributed by atoms with Crippen molar-refractivity contribution in [2.45, 2.75) is 13.5 Å². The molecule has 0 spiro atoms. The number of amides is 1. The van der Waals surface area contributed by atoms with E-state index in [4.69, 9.17) is 9.47 Å². The molecule has 5 rings (SSSR count). The zero-order chi connectivity index (χ0) is 24.7. The maximum Gasteiger partial charge on any atom is 0.328 e. The van der Waals surface area contributed by atoms with Crippen molar-refractivity contribution in [3.05, 3.63) is 103 Å². The van der Waals surface area contributed by atoms with Gasteiger partial charge in [0.05, 0.1) is 17.9 Å². The second kappa shape index (κ2) is 8.52. The van der Waals surface area contributed by atoms with E-state index in [-0.39, 0.29) is 24.6 Å². The lowest BCUT2D eigenvalue weighted by Gasteiger charge is -2.08. The SMILES string of the molecule is Cc1c(NC(=O)c2c[nH]c(=O)n(Cc3ccc4c(c3)OCO4)c2=O)c(=O)n(-c2ccccc2)n1C. The van der Waals surface area contributed by atoms with Crippen molar-refractivity contribution in [1.29, 1.82) is 0 Å². The molecule has 3 heterocycles. The van der Waals surface area contributed by atoms with Gasteiger partial charge in [-0.1, -0.05) is 24.3 Å². The quantitative estimate of drug-likeness (QED) is 0.449. The van der Waals surface area contributed by atoms with E-state index in [9.17, 15) is 19.2 Å². The molecular formula is C24H21N5O6. The van der Waals surface area contributed by atoms with Crippen LogP contribution in [0.1, 0.15) is 21.6 Å². The Morgan fingerprint density at radius 1 is 1.03 bits per heavy atom. The van der Waals surface area contributed by atoms with Gasteiger partial charge in [-0.15, -0.1) is 0 Å². The fraction of sp³-hybridized carbons (Fsp3) is 0.167. The lowest BCUT2D eigenvalue weighted by molar-refractivity contribution is 0.102. The summed E-state index contributed by atoms with van der Waals surface area (Å²) in [6, 6.07) is 14.0. The van der Waals surface area contributed by atoms with E-state index in [0.29, 0.717) is 28.4 Å². The molecule has 0 fully saturated rings. The van der Waals surface area contributed by atoms with Crippen molar-refractivity contribution in [2.75, 3.05) is 12.1 Å². The highest BCUT2D eigenvalue weighted by Gasteiger charge is 2.22. The van der Waals surface area contributed by atoms with E-state index in [0.717, 1.165) is 10.8 Å². The minimum atomic E-state index is -0.809. The Balaban J connectivity index is 1.47. The normalized spacial score (nSPS) is 12.1. The fourth-order valence-corrected chi connectivity index (χ4v) is 3.93. The number of aromatic nitrogens is 4. The first-order valence-electron chi connectivity index (χ1n) is 10.7. The summed E-state index contributed by atoms with van der Waals surface area (Å²) in [5, 5.41) is 2.55. The summed E-state index contributed by atoms with van der Waals surface area (Å²) in [6.07, 6.45) is 1.05. The lowest BCUT2D eigenvalue weighted by Crippen LogP contribution is -2.39. The first kappa shape index (κ1) is 22.0. The third-order valence-corrected chi connectivity index (χ3v) is 5.88. The van der Waals surface area contributed by atoms with Crippen LogP contribution in [-0.4, -0.2) is 31.6 Å². The second-order valence-electron chi connectivity index (χ2n) is 7.98. The Kier molecular flexibility index (Phi) is 5.36. The molecule has 11 heteroatoms. The number of anilines is 1. The van der Waals surface area contributed by atoms with Gasteiger partial charge in [0.2, 0.25) is 6.79 Å². The van der Waals surface area contributed by atoms with Gasteiger partial charge in [0.1, 0.15) is 11.3 Å². The molecule has 0 radical (unpaired) electrons. The van der Waals surface area contributed by atoms with E-state index in [1.807, 2.05) is 6.07 Å². The third kappa shape index (κ3) is 3.82. The highest BCUT2D eigenvalue weighted by atomic mass is 16.7. The van der Waals surface area contributed by atoms with Gasteiger partial charge in [-0.25, -0.2) is 9.48 Å². The predicted octanol–water partition coefficient (Wildman–Crippen LogP) is 1.36. The summed E-state index contributed by atoms with van der Waals surface area (Å²) in [5.41, 5.74) is -0.448. The molecule has 2 aromatic carbocycles. The summed E-state index contributed by atoms with van der Waals surface area (Å²) in [4.78, 5) is 54.0. The highest BCUT2D eigenvalue weighted by Crippen LogP contribution is 2.32. The third-order valence-electron chi connectivity index (χ3n) is 5.88. The van der Waals surface area contributed by atoms with Crippen LogP contribution in [0.15, 0.2) is 69.1 Å². The molecular weight excluding hydrogens is 454 g/mol. The molecule has 11 nitrogen and oxygen atoms in total. The molecule has 0 atom stereocenters. The van der Waals surface area contributed by atoms with Crippen LogP contribution in [0.3, 0.4) is 0 Å². The number of aromatic amines is 1. The number of carbonyl (C=O) groups excluding carboxylic acids is 1. The fourth-order valence-electron chi connectivity index (χ4n) is 3.93. The average Bonchev–Trinajstić information content (AvgIpc) is 3.40. The molecule has 178 valence electrons. The number of ether oxygens (including phenoxy) is 2. The topological polar surface area (TPSA) is 129 Å². The number of para-hydroxylation sites is 1. The Morgan fingerprint density at radius 2 is 1.77 bits per heavy atom. The van der Waals surface area contributed by atoms with Gasteiger partial charge >= 0.3 is 5.69 Å². The minimum Gasteiger partial charge on any atom is -0.454 e. The molecule has 1 aliphatic rings. The Morgan fingerprint density at radius 3 is 2.54 bits per heavy atom. The Hall–Kier alpha value is -4.80. The van der Waals surface area contributed by atoms with E-state index in [2.05, 4.69) is 10.3 Å². The smallest absolute Gasteiger partial charge is 0.328 e. The van der Waals surface area contributed by atoms with E-state index < -0.39 is 22.7 Å².